The zero-order valence-electron chi connectivity index (χ0n) is 14.2. The third kappa shape index (κ3) is 3.75. The van der Waals surface area contributed by atoms with Gasteiger partial charge in [0.2, 0.25) is 20.0 Å². The quantitative estimate of drug-likeness (QED) is 0.813. The van der Waals surface area contributed by atoms with Crippen molar-refractivity contribution in [1.82, 2.24) is 9.03 Å². The summed E-state index contributed by atoms with van der Waals surface area (Å²) in [6, 6.07) is 5.73. The molecule has 0 radical (unpaired) electrons. The molecule has 1 aliphatic carbocycles. The van der Waals surface area contributed by atoms with E-state index in [1.807, 2.05) is 0 Å². The molecule has 9 heteroatoms. The zero-order chi connectivity index (χ0) is 18.1. The summed E-state index contributed by atoms with van der Waals surface area (Å²) in [5, 5.41) is 0. The third-order valence-electron chi connectivity index (χ3n) is 5.10. The van der Waals surface area contributed by atoms with Crippen molar-refractivity contribution in [3.63, 3.8) is 0 Å². The van der Waals surface area contributed by atoms with Crippen molar-refractivity contribution in [2.75, 3.05) is 33.4 Å². The fourth-order valence-electron chi connectivity index (χ4n) is 3.36. The van der Waals surface area contributed by atoms with Crippen LogP contribution in [-0.2, 0) is 24.8 Å². The Bertz CT molecular complexity index is 819. The predicted molar refractivity (Wildman–Crippen MR) is 93.1 cm³/mol. The number of hydrogen-bond donors (Lipinski definition) is 1. The van der Waals surface area contributed by atoms with E-state index >= 15 is 0 Å². The highest BCUT2D eigenvalue weighted by Gasteiger charge is 2.36. The van der Waals surface area contributed by atoms with E-state index in [-0.39, 0.29) is 22.3 Å². The largest absolute Gasteiger partial charge is 0.380 e. The summed E-state index contributed by atoms with van der Waals surface area (Å²) in [6.07, 6.45) is 3.39. The van der Waals surface area contributed by atoms with Crippen LogP contribution in [0.15, 0.2) is 34.1 Å². The van der Waals surface area contributed by atoms with Crippen molar-refractivity contribution in [2.24, 2.45) is 11.8 Å². The van der Waals surface area contributed by atoms with Gasteiger partial charge in [0.25, 0.3) is 0 Å². The maximum absolute atomic E-state index is 13.2. The lowest BCUT2D eigenvalue weighted by molar-refractivity contribution is 0.0779. The van der Waals surface area contributed by atoms with E-state index in [1.165, 1.54) is 36.0 Å². The smallest absolute Gasteiger partial charge is 0.244 e. The molecular weight excluding hydrogens is 364 g/mol. The molecule has 2 fully saturated rings. The Hall–Kier alpha value is -1.00. The summed E-state index contributed by atoms with van der Waals surface area (Å²) >= 11 is 0. The van der Waals surface area contributed by atoms with Crippen LogP contribution in [0.2, 0.25) is 0 Å². The van der Waals surface area contributed by atoms with E-state index < -0.39 is 20.0 Å². The minimum Gasteiger partial charge on any atom is -0.380 e. The maximum Gasteiger partial charge on any atom is 0.244 e. The molecule has 140 valence electrons. The van der Waals surface area contributed by atoms with E-state index in [1.54, 1.807) is 6.07 Å². The minimum absolute atomic E-state index is 0.166. The van der Waals surface area contributed by atoms with E-state index in [0.29, 0.717) is 25.7 Å². The average molecular weight is 389 g/mol. The molecule has 1 aromatic rings. The molecule has 3 rings (SSSR count). The van der Waals surface area contributed by atoms with Gasteiger partial charge >= 0.3 is 0 Å². The second-order valence-corrected chi connectivity index (χ2v) is 10.3. The van der Waals surface area contributed by atoms with Crippen LogP contribution in [0.25, 0.3) is 0 Å². The first kappa shape index (κ1) is 18.8. The van der Waals surface area contributed by atoms with Gasteiger partial charge in [-0.05, 0) is 31.0 Å². The van der Waals surface area contributed by atoms with Crippen LogP contribution >= 0.6 is 0 Å². The van der Waals surface area contributed by atoms with Crippen molar-refractivity contribution >= 4 is 20.0 Å². The molecule has 1 heterocycles. The number of nitrogens with zero attached hydrogens (tertiary/aromatic N) is 1. The van der Waals surface area contributed by atoms with Gasteiger partial charge in [0, 0.05) is 13.1 Å². The monoisotopic (exact) mass is 388 g/mol. The Labute approximate surface area is 149 Å². The third-order valence-corrected chi connectivity index (χ3v) is 8.62. The van der Waals surface area contributed by atoms with Gasteiger partial charge in [0.15, 0.2) is 0 Å². The highest BCUT2D eigenvalue weighted by atomic mass is 32.2. The highest BCUT2D eigenvalue weighted by Crippen LogP contribution is 2.36. The molecule has 1 saturated carbocycles. The van der Waals surface area contributed by atoms with Crippen LogP contribution in [0, 0.1) is 11.8 Å². The number of ether oxygens (including phenoxy) is 1. The van der Waals surface area contributed by atoms with Gasteiger partial charge in [0.05, 0.1) is 13.2 Å². The number of nitrogens with one attached hydrogen (secondary N) is 1. The fraction of sp³-hybridized carbons (Fsp3) is 0.625. The summed E-state index contributed by atoms with van der Waals surface area (Å²) in [6.45, 7) is 1.50. The van der Waals surface area contributed by atoms with Gasteiger partial charge < -0.3 is 4.74 Å². The van der Waals surface area contributed by atoms with Crippen LogP contribution in [0.3, 0.4) is 0 Å². The van der Waals surface area contributed by atoms with E-state index in [4.69, 9.17) is 4.74 Å². The normalized spacial score (nSPS) is 23.8. The standard InChI is InChI=1S/C16H24N2O5S2/c1-17-24(19,20)15-7-2-3-8-16(15)25(21,22)18-9-10-23-12-14(11-18)13-5-4-6-13/h2-3,7-8,13-14,17H,4-6,9-12H2,1H3. The minimum atomic E-state index is -3.93. The summed E-state index contributed by atoms with van der Waals surface area (Å²) < 4.78 is 60.0. The van der Waals surface area contributed by atoms with Crippen molar-refractivity contribution in [1.29, 1.82) is 0 Å². The summed E-state index contributed by atoms with van der Waals surface area (Å²) in [4.78, 5) is -0.401. The van der Waals surface area contributed by atoms with Gasteiger partial charge in [-0.3, -0.25) is 0 Å². The first-order valence-corrected chi connectivity index (χ1v) is 11.4. The molecule has 1 unspecified atom stereocenters. The lowest BCUT2D eigenvalue weighted by atomic mass is 9.76. The second kappa shape index (κ2) is 7.32. The predicted octanol–water partition coefficient (Wildman–Crippen LogP) is 1.03. The molecule has 1 aromatic carbocycles. The van der Waals surface area contributed by atoms with E-state index in [9.17, 15) is 16.8 Å². The Morgan fingerprint density at radius 1 is 1.08 bits per heavy atom. The van der Waals surface area contributed by atoms with Crippen molar-refractivity contribution in [3.05, 3.63) is 24.3 Å². The van der Waals surface area contributed by atoms with Crippen LogP contribution < -0.4 is 4.72 Å². The van der Waals surface area contributed by atoms with Gasteiger partial charge in [-0.2, -0.15) is 4.31 Å². The molecule has 0 aromatic heterocycles. The molecule has 1 saturated heterocycles. The van der Waals surface area contributed by atoms with Crippen molar-refractivity contribution in [2.45, 2.75) is 29.1 Å². The first-order chi connectivity index (χ1) is 11.9. The molecule has 0 amide bonds. The summed E-state index contributed by atoms with van der Waals surface area (Å²) in [7, 11) is -6.53. The molecule has 1 N–H and O–H groups in total. The molecule has 1 aliphatic heterocycles. The van der Waals surface area contributed by atoms with Crippen molar-refractivity contribution in [3.8, 4) is 0 Å². The van der Waals surface area contributed by atoms with E-state index in [0.717, 1.165) is 12.8 Å². The molecule has 7 nitrogen and oxygen atoms in total. The molecule has 2 aliphatic rings. The molecule has 0 bridgehead atoms. The summed E-state index contributed by atoms with van der Waals surface area (Å²) in [5.41, 5.74) is 0. The topological polar surface area (TPSA) is 92.8 Å². The van der Waals surface area contributed by atoms with Gasteiger partial charge in [0.1, 0.15) is 9.79 Å². The highest BCUT2D eigenvalue weighted by molar-refractivity contribution is 7.92. The molecule has 0 spiro atoms. The lowest BCUT2D eigenvalue weighted by Gasteiger charge is -2.34. The van der Waals surface area contributed by atoms with Crippen molar-refractivity contribution < 1.29 is 21.6 Å². The molecule has 1 atom stereocenters. The Kier molecular flexibility index (Phi) is 5.50. The molecule has 25 heavy (non-hydrogen) atoms. The van der Waals surface area contributed by atoms with Crippen LogP contribution in [0.1, 0.15) is 19.3 Å². The van der Waals surface area contributed by atoms with E-state index in [2.05, 4.69) is 4.72 Å². The zero-order valence-corrected chi connectivity index (χ0v) is 15.9. The van der Waals surface area contributed by atoms with Gasteiger partial charge in [-0.25, -0.2) is 21.6 Å². The first-order valence-electron chi connectivity index (χ1n) is 8.47. The summed E-state index contributed by atoms with van der Waals surface area (Å²) in [5.74, 6) is 0.658. The number of sulfonamides is 2. The van der Waals surface area contributed by atoms with Crippen LogP contribution in [0.4, 0.5) is 0 Å². The average Bonchev–Trinajstić information content (AvgIpc) is 2.80. The Morgan fingerprint density at radius 2 is 1.76 bits per heavy atom. The lowest BCUT2D eigenvalue weighted by Crippen LogP contribution is -2.39. The Balaban J connectivity index is 1.96. The van der Waals surface area contributed by atoms with Gasteiger partial charge in [-0.1, -0.05) is 31.4 Å². The number of benzene rings is 1. The number of hydrogen-bond acceptors (Lipinski definition) is 5. The van der Waals surface area contributed by atoms with Crippen LogP contribution in [-0.4, -0.2) is 54.5 Å². The fourth-order valence-corrected chi connectivity index (χ4v) is 6.36. The second-order valence-electron chi connectivity index (χ2n) is 6.54. The van der Waals surface area contributed by atoms with Gasteiger partial charge in [-0.15, -0.1) is 0 Å². The number of rotatable bonds is 5. The molecular formula is C16H24N2O5S2. The SMILES string of the molecule is CNS(=O)(=O)c1ccccc1S(=O)(=O)N1CCOCC(C2CCC2)C1. The maximum atomic E-state index is 13.2. The van der Waals surface area contributed by atoms with Crippen LogP contribution in [0.5, 0.6) is 0 Å². The Morgan fingerprint density at radius 3 is 2.36 bits per heavy atom.